The summed E-state index contributed by atoms with van der Waals surface area (Å²) < 4.78 is 1.96. The van der Waals surface area contributed by atoms with Crippen LogP contribution in [0.5, 0.6) is 0 Å². The molecule has 2 aliphatic rings. The first-order valence-corrected chi connectivity index (χ1v) is 10.5. The van der Waals surface area contributed by atoms with Gasteiger partial charge in [-0.3, -0.25) is 9.59 Å². The van der Waals surface area contributed by atoms with Gasteiger partial charge in [-0.1, -0.05) is 25.3 Å². The standard InChI is InChI=1S/C22H29N5O2/c1-26-12-11-24-20(26)19-15-23-10-13-27(19)22(29)17-8-5-9-18(14-17)25-21(28)16-6-3-2-4-7-16/h5,8-9,11-12,14,16,19,23H,2-4,6-7,10,13,15H2,1H3,(H,25,28). The third-order valence-corrected chi connectivity index (χ3v) is 6.01. The number of amides is 2. The molecule has 2 fully saturated rings. The van der Waals surface area contributed by atoms with Gasteiger partial charge in [-0.25, -0.2) is 4.98 Å². The number of piperazine rings is 1. The van der Waals surface area contributed by atoms with Crippen LogP contribution in [0.4, 0.5) is 5.69 Å². The van der Waals surface area contributed by atoms with E-state index in [9.17, 15) is 9.59 Å². The minimum Gasteiger partial charge on any atom is -0.336 e. The molecular formula is C22H29N5O2. The number of nitrogens with one attached hydrogen (secondary N) is 2. The second-order valence-corrected chi connectivity index (χ2v) is 8.02. The van der Waals surface area contributed by atoms with E-state index in [1.165, 1.54) is 6.42 Å². The lowest BCUT2D eigenvalue weighted by Crippen LogP contribution is -2.49. The molecule has 4 rings (SSSR count). The lowest BCUT2D eigenvalue weighted by atomic mass is 9.88. The molecule has 29 heavy (non-hydrogen) atoms. The smallest absolute Gasteiger partial charge is 0.254 e. The number of hydrogen-bond acceptors (Lipinski definition) is 4. The molecule has 1 unspecified atom stereocenters. The molecule has 7 heteroatoms. The molecule has 1 aliphatic heterocycles. The summed E-state index contributed by atoms with van der Waals surface area (Å²) in [6.45, 7) is 2.05. The van der Waals surface area contributed by atoms with Crippen LogP contribution < -0.4 is 10.6 Å². The summed E-state index contributed by atoms with van der Waals surface area (Å²) >= 11 is 0. The lowest BCUT2D eigenvalue weighted by Gasteiger charge is -2.35. The zero-order valence-electron chi connectivity index (χ0n) is 16.9. The number of carbonyl (C=O) groups is 2. The van der Waals surface area contributed by atoms with Crippen LogP contribution in [0.15, 0.2) is 36.7 Å². The molecule has 1 saturated heterocycles. The van der Waals surface area contributed by atoms with E-state index in [2.05, 4.69) is 15.6 Å². The van der Waals surface area contributed by atoms with Crippen molar-refractivity contribution in [2.24, 2.45) is 13.0 Å². The molecule has 1 aromatic carbocycles. The molecule has 1 saturated carbocycles. The average molecular weight is 396 g/mol. The molecule has 1 aromatic heterocycles. The van der Waals surface area contributed by atoms with E-state index in [-0.39, 0.29) is 23.8 Å². The highest BCUT2D eigenvalue weighted by Gasteiger charge is 2.31. The van der Waals surface area contributed by atoms with E-state index in [1.807, 2.05) is 40.9 Å². The fourth-order valence-electron chi connectivity index (χ4n) is 4.38. The van der Waals surface area contributed by atoms with Crippen LogP contribution in [0.1, 0.15) is 54.3 Å². The maximum atomic E-state index is 13.3. The number of aryl methyl sites for hydroxylation is 1. The van der Waals surface area contributed by atoms with Gasteiger partial charge in [-0.2, -0.15) is 0 Å². The summed E-state index contributed by atoms with van der Waals surface area (Å²) in [4.78, 5) is 32.2. The Morgan fingerprint density at radius 3 is 2.79 bits per heavy atom. The number of benzene rings is 1. The minimum absolute atomic E-state index is 0.0340. The topological polar surface area (TPSA) is 79.3 Å². The van der Waals surface area contributed by atoms with E-state index in [4.69, 9.17) is 0 Å². The van der Waals surface area contributed by atoms with Gasteiger partial charge in [0.05, 0.1) is 0 Å². The van der Waals surface area contributed by atoms with Crippen molar-refractivity contribution in [2.75, 3.05) is 25.0 Å². The van der Waals surface area contributed by atoms with Crippen LogP contribution >= 0.6 is 0 Å². The van der Waals surface area contributed by atoms with E-state index < -0.39 is 0 Å². The van der Waals surface area contributed by atoms with E-state index in [1.54, 1.807) is 12.3 Å². The summed E-state index contributed by atoms with van der Waals surface area (Å²) in [5.74, 6) is 0.993. The van der Waals surface area contributed by atoms with Gasteiger partial charge in [0, 0.05) is 56.2 Å². The molecule has 1 atom stereocenters. The third kappa shape index (κ3) is 4.34. The fraction of sp³-hybridized carbons (Fsp3) is 0.500. The highest BCUT2D eigenvalue weighted by atomic mass is 16.2. The maximum Gasteiger partial charge on any atom is 0.254 e. The monoisotopic (exact) mass is 395 g/mol. The van der Waals surface area contributed by atoms with E-state index in [0.717, 1.165) is 38.1 Å². The first kappa shape index (κ1) is 19.6. The molecule has 2 N–H and O–H groups in total. The van der Waals surface area contributed by atoms with Gasteiger partial charge in [0.2, 0.25) is 5.91 Å². The Balaban J connectivity index is 1.50. The summed E-state index contributed by atoms with van der Waals surface area (Å²) in [6.07, 6.45) is 9.02. The Hall–Kier alpha value is -2.67. The zero-order chi connectivity index (χ0) is 20.2. The molecule has 1 aliphatic carbocycles. The summed E-state index contributed by atoms with van der Waals surface area (Å²) in [5, 5.41) is 6.38. The number of anilines is 1. The number of nitrogens with zero attached hydrogens (tertiary/aromatic N) is 3. The van der Waals surface area contributed by atoms with Crippen molar-refractivity contribution in [2.45, 2.75) is 38.1 Å². The van der Waals surface area contributed by atoms with Crippen molar-refractivity contribution in [3.63, 3.8) is 0 Å². The highest BCUT2D eigenvalue weighted by Crippen LogP contribution is 2.26. The third-order valence-electron chi connectivity index (χ3n) is 6.01. The van der Waals surface area contributed by atoms with Crippen LogP contribution in [0, 0.1) is 5.92 Å². The van der Waals surface area contributed by atoms with Crippen LogP contribution in [-0.2, 0) is 11.8 Å². The number of aromatic nitrogens is 2. The van der Waals surface area contributed by atoms with Crippen LogP contribution in [0.3, 0.4) is 0 Å². The van der Waals surface area contributed by atoms with Gasteiger partial charge in [0.15, 0.2) is 0 Å². The van der Waals surface area contributed by atoms with E-state index in [0.29, 0.717) is 24.3 Å². The molecule has 154 valence electrons. The van der Waals surface area contributed by atoms with Crippen LogP contribution in [0.25, 0.3) is 0 Å². The molecule has 0 bridgehead atoms. The van der Waals surface area contributed by atoms with Gasteiger partial charge in [-0.05, 0) is 31.0 Å². The number of rotatable bonds is 4. The van der Waals surface area contributed by atoms with Crippen molar-refractivity contribution in [3.05, 3.63) is 48.0 Å². The largest absolute Gasteiger partial charge is 0.336 e. The van der Waals surface area contributed by atoms with Crippen LogP contribution in [0.2, 0.25) is 0 Å². The predicted octanol–water partition coefficient (Wildman–Crippen LogP) is 2.73. The van der Waals surface area contributed by atoms with Gasteiger partial charge in [-0.15, -0.1) is 0 Å². The molecule has 7 nitrogen and oxygen atoms in total. The molecule has 2 aromatic rings. The second-order valence-electron chi connectivity index (χ2n) is 8.02. The zero-order valence-corrected chi connectivity index (χ0v) is 16.9. The van der Waals surface area contributed by atoms with Crippen LogP contribution in [-0.4, -0.2) is 45.9 Å². The normalized spacial score (nSPS) is 20.4. The quantitative estimate of drug-likeness (QED) is 0.834. The number of hydrogen-bond donors (Lipinski definition) is 2. The molecular weight excluding hydrogens is 366 g/mol. The van der Waals surface area contributed by atoms with Gasteiger partial charge in [0.1, 0.15) is 11.9 Å². The van der Waals surface area contributed by atoms with Gasteiger partial charge in [0.25, 0.3) is 5.91 Å². The Kier molecular flexibility index (Phi) is 5.94. The lowest BCUT2D eigenvalue weighted by molar-refractivity contribution is -0.120. The Labute approximate surface area is 171 Å². The molecule has 2 heterocycles. The highest BCUT2D eigenvalue weighted by molar-refractivity contribution is 5.98. The van der Waals surface area contributed by atoms with Gasteiger partial charge >= 0.3 is 0 Å². The SMILES string of the molecule is Cn1ccnc1C1CNCCN1C(=O)c1cccc(NC(=O)C2CCCCC2)c1. The molecule has 2 amide bonds. The molecule has 0 spiro atoms. The Bertz CT molecular complexity index is 872. The summed E-state index contributed by atoms with van der Waals surface area (Å²) in [7, 11) is 1.95. The van der Waals surface area contributed by atoms with Crippen molar-refractivity contribution in [3.8, 4) is 0 Å². The van der Waals surface area contributed by atoms with Crippen molar-refractivity contribution >= 4 is 17.5 Å². The van der Waals surface area contributed by atoms with Gasteiger partial charge < -0.3 is 20.1 Å². The maximum absolute atomic E-state index is 13.3. The number of carbonyl (C=O) groups excluding carboxylic acids is 2. The molecule has 0 radical (unpaired) electrons. The van der Waals surface area contributed by atoms with Crippen molar-refractivity contribution in [1.82, 2.24) is 19.8 Å². The number of imidazole rings is 1. The average Bonchev–Trinajstić information content (AvgIpc) is 3.19. The summed E-state index contributed by atoms with van der Waals surface area (Å²) in [5.41, 5.74) is 1.28. The van der Waals surface area contributed by atoms with E-state index >= 15 is 0 Å². The van der Waals surface area contributed by atoms with Crippen molar-refractivity contribution in [1.29, 1.82) is 0 Å². The first-order valence-electron chi connectivity index (χ1n) is 10.5. The minimum atomic E-state index is -0.114. The predicted molar refractivity (Wildman–Crippen MR) is 112 cm³/mol. The first-order chi connectivity index (χ1) is 14.1. The summed E-state index contributed by atoms with van der Waals surface area (Å²) in [6, 6.07) is 7.18. The fourth-order valence-corrected chi connectivity index (χ4v) is 4.38. The second kappa shape index (κ2) is 8.78. The Morgan fingerprint density at radius 1 is 1.21 bits per heavy atom. The van der Waals surface area contributed by atoms with Crippen molar-refractivity contribution < 1.29 is 9.59 Å². The Morgan fingerprint density at radius 2 is 2.03 bits per heavy atom.